The first-order valence-corrected chi connectivity index (χ1v) is 14.1. The maximum atomic E-state index is 6.43. The lowest BCUT2D eigenvalue weighted by Gasteiger charge is -2.24. The Hall–Kier alpha value is -4.50. The average molecular weight is 553 g/mol. The largest absolute Gasteiger partial charge is 0.475 e. The number of benzene rings is 1. The van der Waals surface area contributed by atoms with E-state index in [-0.39, 0.29) is 0 Å². The van der Waals surface area contributed by atoms with Crippen molar-refractivity contribution < 1.29 is 14.0 Å². The number of aromatic nitrogens is 2. The van der Waals surface area contributed by atoms with Gasteiger partial charge in [0, 0.05) is 24.2 Å². The molecule has 1 aromatic heterocycles. The van der Waals surface area contributed by atoms with Gasteiger partial charge in [-0.25, -0.2) is 15.0 Å². The fourth-order valence-corrected chi connectivity index (χ4v) is 5.09. The first kappa shape index (κ1) is 28.0. The van der Waals surface area contributed by atoms with Gasteiger partial charge in [-0.15, -0.1) is 0 Å². The zero-order chi connectivity index (χ0) is 28.8. The minimum absolute atomic E-state index is 0.536. The summed E-state index contributed by atoms with van der Waals surface area (Å²) >= 11 is 0. The van der Waals surface area contributed by atoms with E-state index in [1.165, 1.54) is 5.71 Å². The first-order valence-electron chi connectivity index (χ1n) is 14.1. The van der Waals surface area contributed by atoms with E-state index in [1.54, 1.807) is 12.5 Å². The molecule has 3 aliphatic heterocycles. The van der Waals surface area contributed by atoms with Crippen LogP contribution in [0.5, 0.6) is 5.75 Å². The molecule has 4 heterocycles. The number of nitrogens with zero attached hydrogens (tertiary/aromatic N) is 5. The van der Waals surface area contributed by atoms with E-state index in [0.717, 1.165) is 76.5 Å². The third-order valence-electron chi connectivity index (χ3n) is 7.04. The van der Waals surface area contributed by atoms with Crippen LogP contribution in [0.15, 0.2) is 77.3 Å². The molecule has 0 radical (unpaired) electrons. The Morgan fingerprint density at radius 3 is 2.85 bits per heavy atom. The normalized spacial score (nSPS) is 21.0. The predicted molar refractivity (Wildman–Crippen MR) is 164 cm³/mol. The summed E-state index contributed by atoms with van der Waals surface area (Å²) in [7, 11) is 0. The van der Waals surface area contributed by atoms with Crippen molar-refractivity contribution in [2.75, 3.05) is 31.6 Å². The van der Waals surface area contributed by atoms with Crippen molar-refractivity contribution in [3.05, 3.63) is 88.3 Å². The van der Waals surface area contributed by atoms with Gasteiger partial charge >= 0.3 is 0 Å². The number of rotatable bonds is 6. The van der Waals surface area contributed by atoms with Crippen LogP contribution in [0.2, 0.25) is 0 Å². The fraction of sp³-hybridized carbons (Fsp3) is 0.312. The van der Waals surface area contributed by atoms with Crippen molar-refractivity contribution in [3.63, 3.8) is 0 Å². The molecule has 0 fully saturated rings. The van der Waals surface area contributed by atoms with Crippen molar-refractivity contribution in [2.24, 2.45) is 5.10 Å². The summed E-state index contributed by atoms with van der Waals surface area (Å²) < 4.78 is 15.1. The second kappa shape index (κ2) is 12.8. The molecular formula is C32H38N7O2+. The summed E-state index contributed by atoms with van der Waals surface area (Å²) in [4.78, 5) is 9.24. The molecule has 0 saturated heterocycles. The third kappa shape index (κ3) is 6.00. The van der Waals surface area contributed by atoms with E-state index >= 15 is 0 Å². The number of ether oxygens (including phenoxy) is 2. The van der Waals surface area contributed by atoms with Gasteiger partial charge < -0.3 is 20.1 Å². The summed E-state index contributed by atoms with van der Waals surface area (Å²) in [6.07, 6.45) is 16.2. The number of allylic oxidation sites excluding steroid dienone is 4. The molecule has 0 spiro atoms. The SMILES string of the molecule is CC=C1C=C(Oc2ccc(Nc3ncnc(=C/C)/c3=C3/OCC4=[N+](CCNC4)/C3=C\CC)cc2C)C=CN1/N=C\C. The molecule has 1 aromatic carbocycles. The number of hydrazone groups is 1. The first-order chi connectivity index (χ1) is 20.1. The standard InChI is InChI=1S/C32H38N7O2/c1-6-10-28-31(40-20-25-19-33-14-16-38(25)28)30-27(8-3)34-21-35-32(30)37-23-11-12-29(22(5)17-23)41-26-13-15-39(36-9-4)24(7-2)18-26/h7-13,15,17-18,21,33H,6,14,16,19-20H2,1-5H3,(H,34,35,37)/q+1/b24-7?,27-8+,28-10-,31-30-,36-9-. The van der Waals surface area contributed by atoms with E-state index in [4.69, 9.17) is 9.47 Å². The van der Waals surface area contributed by atoms with E-state index < -0.39 is 0 Å². The van der Waals surface area contributed by atoms with E-state index in [0.29, 0.717) is 12.4 Å². The van der Waals surface area contributed by atoms with Crippen molar-refractivity contribution in [1.82, 2.24) is 20.3 Å². The van der Waals surface area contributed by atoms with Gasteiger partial charge in [0.05, 0.1) is 29.4 Å². The molecule has 5 rings (SSSR count). The Morgan fingerprint density at radius 1 is 1.22 bits per heavy atom. The molecule has 0 unspecified atom stereocenters. The topological polar surface area (TPSA) is 86.9 Å². The van der Waals surface area contributed by atoms with Gasteiger partial charge in [0.15, 0.2) is 13.2 Å². The summed E-state index contributed by atoms with van der Waals surface area (Å²) in [5.74, 6) is 3.03. The maximum Gasteiger partial charge on any atom is 0.244 e. The molecule has 0 amide bonds. The summed E-state index contributed by atoms with van der Waals surface area (Å²) in [5.41, 5.74) is 5.16. The molecule has 0 atom stereocenters. The van der Waals surface area contributed by atoms with E-state index in [9.17, 15) is 0 Å². The second-order valence-corrected chi connectivity index (χ2v) is 9.78. The highest BCUT2D eigenvalue weighted by atomic mass is 16.5. The predicted octanol–water partition coefficient (Wildman–Crippen LogP) is 3.82. The Bertz CT molecular complexity index is 1630. The van der Waals surface area contributed by atoms with Crippen LogP contribution < -0.4 is 25.9 Å². The van der Waals surface area contributed by atoms with Crippen LogP contribution in [0.4, 0.5) is 11.5 Å². The van der Waals surface area contributed by atoms with Gasteiger partial charge in [0.2, 0.25) is 17.2 Å². The quantitative estimate of drug-likeness (QED) is 0.416. The molecule has 9 nitrogen and oxygen atoms in total. The van der Waals surface area contributed by atoms with Gasteiger partial charge in [-0.1, -0.05) is 19.1 Å². The van der Waals surface area contributed by atoms with Crippen molar-refractivity contribution >= 4 is 35.3 Å². The Balaban J connectivity index is 1.48. The Labute approximate surface area is 241 Å². The van der Waals surface area contributed by atoms with Crippen molar-refractivity contribution in [2.45, 2.75) is 41.0 Å². The molecule has 0 saturated carbocycles. The highest BCUT2D eigenvalue weighted by Crippen LogP contribution is 2.28. The number of hydrogen-bond donors (Lipinski definition) is 2. The summed E-state index contributed by atoms with van der Waals surface area (Å²) in [6, 6.07) is 6.03. The molecule has 41 heavy (non-hydrogen) atoms. The zero-order valence-corrected chi connectivity index (χ0v) is 24.4. The molecule has 212 valence electrons. The Kier molecular flexibility index (Phi) is 8.74. The highest BCUT2D eigenvalue weighted by molar-refractivity contribution is 5.86. The second-order valence-electron chi connectivity index (χ2n) is 9.78. The molecule has 9 heteroatoms. The lowest BCUT2D eigenvalue weighted by Crippen LogP contribution is -2.47. The van der Waals surface area contributed by atoms with Crippen LogP contribution in [-0.2, 0) is 4.74 Å². The van der Waals surface area contributed by atoms with Gasteiger partial charge in [0.25, 0.3) is 0 Å². The smallest absolute Gasteiger partial charge is 0.244 e. The van der Waals surface area contributed by atoms with Crippen LogP contribution in [0.3, 0.4) is 0 Å². The summed E-state index contributed by atoms with van der Waals surface area (Å²) in [6.45, 7) is 13.2. The molecule has 0 aliphatic carbocycles. The number of anilines is 2. The van der Waals surface area contributed by atoms with Crippen molar-refractivity contribution in [1.29, 1.82) is 0 Å². The van der Waals surface area contributed by atoms with Crippen LogP contribution in [0.1, 0.15) is 39.7 Å². The van der Waals surface area contributed by atoms with E-state index in [2.05, 4.69) is 49.3 Å². The highest BCUT2D eigenvalue weighted by Gasteiger charge is 2.33. The van der Waals surface area contributed by atoms with Gasteiger partial charge in [-0.3, -0.25) is 0 Å². The number of hydrogen-bond acceptors (Lipinski definition) is 8. The van der Waals surface area contributed by atoms with Crippen LogP contribution in [0.25, 0.3) is 11.8 Å². The molecule has 2 N–H and O–H groups in total. The van der Waals surface area contributed by atoms with Gasteiger partial charge in [-0.2, -0.15) is 9.68 Å². The van der Waals surface area contributed by atoms with Crippen LogP contribution in [-0.4, -0.2) is 57.7 Å². The van der Waals surface area contributed by atoms with Gasteiger partial charge in [-0.05, 0) is 70.0 Å². The average Bonchev–Trinajstić information content (AvgIpc) is 2.99. The number of aryl methyl sites for hydroxylation is 1. The molecule has 2 aromatic rings. The van der Waals surface area contributed by atoms with Gasteiger partial charge in [0.1, 0.15) is 23.7 Å². The zero-order valence-electron chi connectivity index (χ0n) is 24.4. The minimum atomic E-state index is 0.536. The fourth-order valence-electron chi connectivity index (χ4n) is 5.09. The van der Waals surface area contributed by atoms with E-state index in [1.807, 2.05) is 75.3 Å². The monoisotopic (exact) mass is 552 g/mol. The van der Waals surface area contributed by atoms with Crippen molar-refractivity contribution in [3.8, 4) is 5.75 Å². The Morgan fingerprint density at radius 2 is 2.10 bits per heavy atom. The van der Waals surface area contributed by atoms with Crippen LogP contribution in [0, 0.1) is 6.92 Å². The number of nitrogens with one attached hydrogen (secondary N) is 2. The lowest BCUT2D eigenvalue weighted by atomic mass is 10.1. The molecule has 0 bridgehead atoms. The molecular weight excluding hydrogens is 514 g/mol. The minimum Gasteiger partial charge on any atom is -0.475 e. The van der Waals surface area contributed by atoms with Crippen LogP contribution >= 0.6 is 0 Å². The molecule has 3 aliphatic rings. The lowest BCUT2D eigenvalue weighted by molar-refractivity contribution is -0.481. The third-order valence-corrected chi connectivity index (χ3v) is 7.04. The maximum absolute atomic E-state index is 6.43. The summed E-state index contributed by atoms with van der Waals surface area (Å²) in [5, 5.41) is 14.8.